The number of alkyl halides is 1. The molecule has 1 saturated carbocycles. The highest BCUT2D eigenvalue weighted by Crippen LogP contribution is 2.43. The molecule has 2 nitrogen and oxygen atoms in total. The summed E-state index contributed by atoms with van der Waals surface area (Å²) in [5, 5.41) is 0.129. The smallest absolute Gasteiger partial charge is 0.161 e. The molecule has 1 fully saturated rings. The Balaban J connectivity index is 1.84. The third-order valence-electron chi connectivity index (χ3n) is 3.45. The molecule has 3 rings (SSSR count). The Morgan fingerprint density at radius 2 is 1.88 bits per heavy atom. The molecule has 0 bridgehead atoms. The van der Waals surface area contributed by atoms with Crippen LogP contribution in [0.3, 0.4) is 0 Å². The second-order valence-electron chi connectivity index (χ2n) is 4.50. The summed E-state index contributed by atoms with van der Waals surface area (Å²) < 4.78 is 11.1. The highest BCUT2D eigenvalue weighted by Gasteiger charge is 2.27. The van der Waals surface area contributed by atoms with Gasteiger partial charge in [-0.3, -0.25) is 0 Å². The number of halogens is 1. The van der Waals surface area contributed by atoms with Crippen LogP contribution in [0.1, 0.15) is 30.2 Å². The van der Waals surface area contributed by atoms with Crippen molar-refractivity contribution in [1.82, 2.24) is 0 Å². The standard InChI is InChI=1S/C13H15ClO2/c14-13(9-2-1-3-9)10-4-5-11-12(8-10)16-7-6-15-11/h4-5,8-9,13H,1-3,6-7H2. The van der Waals surface area contributed by atoms with E-state index < -0.39 is 0 Å². The number of hydrogen-bond donors (Lipinski definition) is 0. The molecule has 1 aliphatic heterocycles. The van der Waals surface area contributed by atoms with Gasteiger partial charge in [0, 0.05) is 0 Å². The molecule has 1 heterocycles. The molecule has 16 heavy (non-hydrogen) atoms. The maximum Gasteiger partial charge on any atom is 0.161 e. The van der Waals surface area contributed by atoms with Crippen molar-refractivity contribution in [3.05, 3.63) is 23.8 Å². The second-order valence-corrected chi connectivity index (χ2v) is 4.97. The highest BCUT2D eigenvalue weighted by atomic mass is 35.5. The fraction of sp³-hybridized carbons (Fsp3) is 0.538. The van der Waals surface area contributed by atoms with Crippen molar-refractivity contribution in [2.45, 2.75) is 24.6 Å². The summed E-state index contributed by atoms with van der Waals surface area (Å²) in [5.41, 5.74) is 1.16. The van der Waals surface area contributed by atoms with Crippen molar-refractivity contribution in [3.8, 4) is 11.5 Å². The summed E-state index contributed by atoms with van der Waals surface area (Å²) in [6, 6.07) is 6.06. The largest absolute Gasteiger partial charge is 0.486 e. The van der Waals surface area contributed by atoms with Gasteiger partial charge in [0.05, 0.1) is 5.38 Å². The van der Waals surface area contributed by atoms with Crippen LogP contribution in [0.15, 0.2) is 18.2 Å². The second kappa shape index (κ2) is 4.17. The predicted molar refractivity (Wildman–Crippen MR) is 63.4 cm³/mol. The fourth-order valence-electron chi connectivity index (χ4n) is 2.24. The van der Waals surface area contributed by atoms with E-state index in [1.807, 2.05) is 12.1 Å². The topological polar surface area (TPSA) is 18.5 Å². The van der Waals surface area contributed by atoms with Gasteiger partial charge in [0.15, 0.2) is 11.5 Å². The minimum atomic E-state index is 0.129. The van der Waals surface area contributed by atoms with Gasteiger partial charge in [-0.15, -0.1) is 11.6 Å². The Bertz CT molecular complexity index is 388. The van der Waals surface area contributed by atoms with Crippen LogP contribution in [-0.2, 0) is 0 Å². The van der Waals surface area contributed by atoms with Crippen molar-refractivity contribution in [2.75, 3.05) is 13.2 Å². The van der Waals surface area contributed by atoms with Crippen LogP contribution >= 0.6 is 11.6 Å². The van der Waals surface area contributed by atoms with Crippen LogP contribution in [0.5, 0.6) is 11.5 Å². The van der Waals surface area contributed by atoms with Gasteiger partial charge in [0.2, 0.25) is 0 Å². The predicted octanol–water partition coefficient (Wildman–Crippen LogP) is 3.54. The van der Waals surface area contributed by atoms with Gasteiger partial charge < -0.3 is 9.47 Å². The number of fused-ring (bicyclic) bond motifs is 1. The van der Waals surface area contributed by atoms with Crippen LogP contribution in [0, 0.1) is 5.92 Å². The maximum atomic E-state index is 6.45. The van der Waals surface area contributed by atoms with E-state index >= 15 is 0 Å². The summed E-state index contributed by atoms with van der Waals surface area (Å²) in [4.78, 5) is 0. The third-order valence-corrected chi connectivity index (χ3v) is 4.06. The van der Waals surface area contributed by atoms with E-state index in [2.05, 4.69) is 6.07 Å². The number of ether oxygens (including phenoxy) is 2. The minimum Gasteiger partial charge on any atom is -0.486 e. The molecule has 0 N–H and O–H groups in total. The molecule has 1 unspecified atom stereocenters. The molecule has 0 amide bonds. The Labute approximate surface area is 101 Å². The summed E-state index contributed by atoms with van der Waals surface area (Å²) in [7, 11) is 0. The van der Waals surface area contributed by atoms with Gasteiger partial charge in [-0.05, 0) is 36.5 Å². The number of rotatable bonds is 2. The van der Waals surface area contributed by atoms with Gasteiger partial charge in [-0.25, -0.2) is 0 Å². The van der Waals surface area contributed by atoms with Crippen LogP contribution in [0.4, 0.5) is 0 Å². The molecule has 1 atom stereocenters. The van der Waals surface area contributed by atoms with Gasteiger partial charge in [-0.2, -0.15) is 0 Å². The molecule has 1 aromatic rings. The van der Waals surface area contributed by atoms with Crippen molar-refractivity contribution >= 4 is 11.6 Å². The summed E-state index contributed by atoms with van der Waals surface area (Å²) in [6.07, 6.45) is 3.82. The lowest BCUT2D eigenvalue weighted by atomic mass is 9.80. The van der Waals surface area contributed by atoms with E-state index in [1.165, 1.54) is 19.3 Å². The zero-order chi connectivity index (χ0) is 11.0. The van der Waals surface area contributed by atoms with E-state index in [1.54, 1.807) is 0 Å². The number of benzene rings is 1. The summed E-state index contributed by atoms with van der Waals surface area (Å²) in [6.45, 7) is 1.27. The lowest BCUT2D eigenvalue weighted by Crippen LogP contribution is -2.18. The minimum absolute atomic E-state index is 0.129. The number of hydrogen-bond acceptors (Lipinski definition) is 2. The zero-order valence-electron chi connectivity index (χ0n) is 9.12. The van der Waals surface area contributed by atoms with Gasteiger partial charge >= 0.3 is 0 Å². The van der Waals surface area contributed by atoms with Crippen molar-refractivity contribution in [1.29, 1.82) is 0 Å². The first-order valence-corrected chi connectivity index (χ1v) is 6.32. The van der Waals surface area contributed by atoms with Crippen LogP contribution < -0.4 is 9.47 Å². The zero-order valence-corrected chi connectivity index (χ0v) is 9.87. The molecule has 86 valence electrons. The molecule has 0 spiro atoms. The first-order valence-electron chi connectivity index (χ1n) is 5.88. The Morgan fingerprint density at radius 1 is 1.12 bits per heavy atom. The molecule has 0 saturated heterocycles. The highest BCUT2D eigenvalue weighted by molar-refractivity contribution is 6.21. The quantitative estimate of drug-likeness (QED) is 0.734. The van der Waals surface area contributed by atoms with E-state index in [9.17, 15) is 0 Å². The van der Waals surface area contributed by atoms with E-state index in [-0.39, 0.29) is 5.38 Å². The Kier molecular flexibility index (Phi) is 2.68. The van der Waals surface area contributed by atoms with Crippen LogP contribution in [-0.4, -0.2) is 13.2 Å². The first kappa shape index (κ1) is 10.3. The van der Waals surface area contributed by atoms with Gasteiger partial charge in [-0.1, -0.05) is 12.5 Å². The van der Waals surface area contributed by atoms with Crippen LogP contribution in [0.2, 0.25) is 0 Å². The summed E-state index contributed by atoms with van der Waals surface area (Å²) in [5.74, 6) is 2.32. The van der Waals surface area contributed by atoms with Crippen molar-refractivity contribution in [2.24, 2.45) is 5.92 Å². The van der Waals surface area contributed by atoms with Crippen molar-refractivity contribution in [3.63, 3.8) is 0 Å². The van der Waals surface area contributed by atoms with Gasteiger partial charge in [0.25, 0.3) is 0 Å². The van der Waals surface area contributed by atoms with Crippen LogP contribution in [0.25, 0.3) is 0 Å². The van der Waals surface area contributed by atoms with E-state index in [0.717, 1.165) is 17.1 Å². The fourth-order valence-corrected chi connectivity index (χ4v) is 2.62. The summed E-state index contributed by atoms with van der Waals surface area (Å²) >= 11 is 6.45. The molecule has 2 aliphatic rings. The molecule has 1 aliphatic carbocycles. The third kappa shape index (κ3) is 1.75. The lowest BCUT2D eigenvalue weighted by Gasteiger charge is -2.30. The van der Waals surface area contributed by atoms with Gasteiger partial charge in [0.1, 0.15) is 13.2 Å². The SMILES string of the molecule is ClC(c1ccc2c(c1)OCCO2)C1CCC1. The van der Waals surface area contributed by atoms with E-state index in [0.29, 0.717) is 19.1 Å². The normalized spacial score (nSPS) is 21.3. The molecular weight excluding hydrogens is 224 g/mol. The Hall–Kier alpha value is -0.890. The molecule has 3 heteroatoms. The monoisotopic (exact) mass is 238 g/mol. The maximum absolute atomic E-state index is 6.45. The Morgan fingerprint density at radius 3 is 2.56 bits per heavy atom. The molecule has 0 aromatic heterocycles. The van der Waals surface area contributed by atoms with Crippen molar-refractivity contribution < 1.29 is 9.47 Å². The molecule has 1 aromatic carbocycles. The molecular formula is C13H15ClO2. The first-order chi connectivity index (χ1) is 7.84. The lowest BCUT2D eigenvalue weighted by molar-refractivity contribution is 0.171. The van der Waals surface area contributed by atoms with E-state index in [4.69, 9.17) is 21.1 Å². The average molecular weight is 239 g/mol. The molecule has 0 radical (unpaired) electrons. The average Bonchev–Trinajstić information content (AvgIpc) is 2.26.